The van der Waals surface area contributed by atoms with Crippen LogP contribution in [0.25, 0.3) is 0 Å². The third-order valence-corrected chi connectivity index (χ3v) is 2.85. The minimum Gasteiger partial charge on any atom is -0.368 e. The Bertz CT molecular complexity index is 435. The minimum absolute atomic E-state index is 0.282. The van der Waals surface area contributed by atoms with Gasteiger partial charge in [0.1, 0.15) is 23.5 Å². The van der Waals surface area contributed by atoms with Gasteiger partial charge in [0, 0.05) is 12.6 Å². The van der Waals surface area contributed by atoms with Crippen LogP contribution < -0.4 is 21.9 Å². The number of anilines is 2. The molecule has 1 aromatic heterocycles. The van der Waals surface area contributed by atoms with E-state index in [1.54, 1.807) is 13.0 Å². The Morgan fingerprint density at radius 1 is 1.59 bits per heavy atom. The number of nitrogens with zero attached hydrogens (tertiary/aromatic N) is 3. The second-order valence-corrected chi connectivity index (χ2v) is 4.06. The molecule has 0 aromatic carbocycles. The lowest BCUT2D eigenvalue weighted by Crippen LogP contribution is -2.40. The van der Waals surface area contributed by atoms with Crippen molar-refractivity contribution in [2.24, 2.45) is 11.6 Å². The van der Waals surface area contributed by atoms with E-state index in [2.05, 4.69) is 15.4 Å². The Balaban J connectivity index is 2.32. The van der Waals surface area contributed by atoms with Gasteiger partial charge in [0.05, 0.1) is 0 Å². The van der Waals surface area contributed by atoms with Gasteiger partial charge in [0.25, 0.3) is 0 Å². The number of primary amides is 1. The van der Waals surface area contributed by atoms with Crippen LogP contribution in [0.5, 0.6) is 0 Å². The highest BCUT2D eigenvalue weighted by atomic mass is 16.1. The van der Waals surface area contributed by atoms with Gasteiger partial charge in [-0.1, -0.05) is 0 Å². The number of rotatable bonds is 3. The molecule has 7 heteroatoms. The molecule has 0 radical (unpaired) electrons. The summed E-state index contributed by atoms with van der Waals surface area (Å²) in [4.78, 5) is 21.6. The van der Waals surface area contributed by atoms with Crippen molar-refractivity contribution in [1.82, 2.24) is 9.97 Å². The lowest BCUT2D eigenvalue weighted by molar-refractivity contribution is -0.119. The first kappa shape index (κ1) is 11.6. The van der Waals surface area contributed by atoms with Crippen LogP contribution in [0.3, 0.4) is 0 Å². The van der Waals surface area contributed by atoms with Crippen LogP contribution in [-0.2, 0) is 4.79 Å². The zero-order valence-corrected chi connectivity index (χ0v) is 9.68. The maximum atomic E-state index is 11.3. The van der Waals surface area contributed by atoms with Crippen LogP contribution in [-0.4, -0.2) is 28.5 Å². The smallest absolute Gasteiger partial charge is 0.240 e. The maximum Gasteiger partial charge on any atom is 0.240 e. The van der Waals surface area contributed by atoms with Crippen LogP contribution in [0.15, 0.2) is 6.07 Å². The van der Waals surface area contributed by atoms with Crippen LogP contribution in [0.4, 0.5) is 11.6 Å². The van der Waals surface area contributed by atoms with E-state index in [0.29, 0.717) is 17.5 Å². The van der Waals surface area contributed by atoms with Crippen molar-refractivity contribution in [2.45, 2.75) is 25.8 Å². The third-order valence-electron chi connectivity index (χ3n) is 2.85. The molecular formula is C10H16N6O. The summed E-state index contributed by atoms with van der Waals surface area (Å²) in [5.74, 6) is 6.83. The molecule has 2 heterocycles. The zero-order chi connectivity index (χ0) is 12.4. The van der Waals surface area contributed by atoms with E-state index in [1.807, 2.05) is 4.90 Å². The Labute approximate surface area is 99.2 Å². The van der Waals surface area contributed by atoms with Crippen LogP contribution in [0.2, 0.25) is 0 Å². The molecule has 1 saturated heterocycles. The number of amides is 1. The number of nitrogen functional groups attached to an aromatic ring is 1. The Morgan fingerprint density at radius 2 is 2.35 bits per heavy atom. The van der Waals surface area contributed by atoms with E-state index in [1.165, 1.54) is 0 Å². The van der Waals surface area contributed by atoms with E-state index < -0.39 is 0 Å². The van der Waals surface area contributed by atoms with Crippen molar-refractivity contribution in [2.75, 3.05) is 16.9 Å². The van der Waals surface area contributed by atoms with E-state index in [0.717, 1.165) is 19.4 Å². The van der Waals surface area contributed by atoms with Crippen molar-refractivity contribution in [3.05, 3.63) is 11.9 Å². The molecule has 17 heavy (non-hydrogen) atoms. The standard InChI is InChI=1S/C10H16N6O/c1-6-13-8(15-12)5-9(14-6)16-4-2-3-7(16)10(11)17/h5,7H,2-4,12H2,1H3,(H2,11,17)(H,13,14,15). The number of nitrogens with one attached hydrogen (secondary N) is 1. The molecule has 1 unspecified atom stereocenters. The van der Waals surface area contributed by atoms with Gasteiger partial charge in [-0.25, -0.2) is 15.8 Å². The number of carbonyl (C=O) groups is 1. The van der Waals surface area contributed by atoms with E-state index in [-0.39, 0.29) is 11.9 Å². The summed E-state index contributed by atoms with van der Waals surface area (Å²) in [6.07, 6.45) is 1.70. The molecule has 1 aliphatic heterocycles. The maximum absolute atomic E-state index is 11.3. The highest BCUT2D eigenvalue weighted by Crippen LogP contribution is 2.25. The van der Waals surface area contributed by atoms with E-state index in [4.69, 9.17) is 11.6 Å². The fraction of sp³-hybridized carbons (Fsp3) is 0.500. The van der Waals surface area contributed by atoms with Gasteiger partial charge >= 0.3 is 0 Å². The van der Waals surface area contributed by atoms with Crippen molar-refractivity contribution < 1.29 is 4.79 Å². The number of aromatic nitrogens is 2. The van der Waals surface area contributed by atoms with Gasteiger partial charge in [0.15, 0.2) is 0 Å². The monoisotopic (exact) mass is 236 g/mol. The van der Waals surface area contributed by atoms with Crippen molar-refractivity contribution >= 4 is 17.5 Å². The summed E-state index contributed by atoms with van der Waals surface area (Å²) in [7, 11) is 0. The molecule has 0 aliphatic carbocycles. The topological polar surface area (TPSA) is 110 Å². The summed E-state index contributed by atoms with van der Waals surface area (Å²) in [6, 6.07) is 1.43. The summed E-state index contributed by atoms with van der Waals surface area (Å²) in [5, 5.41) is 0. The van der Waals surface area contributed by atoms with Gasteiger partial charge < -0.3 is 16.1 Å². The van der Waals surface area contributed by atoms with Gasteiger partial charge in [-0.2, -0.15) is 0 Å². The number of hydrogen-bond donors (Lipinski definition) is 3. The van der Waals surface area contributed by atoms with Crippen molar-refractivity contribution in [3.63, 3.8) is 0 Å². The molecule has 2 rings (SSSR count). The molecule has 5 N–H and O–H groups in total. The summed E-state index contributed by atoms with van der Waals surface area (Å²) >= 11 is 0. The molecule has 0 bridgehead atoms. The first-order valence-electron chi connectivity index (χ1n) is 5.50. The minimum atomic E-state index is -0.318. The van der Waals surface area contributed by atoms with E-state index in [9.17, 15) is 4.79 Å². The number of aryl methyl sites for hydroxylation is 1. The molecule has 7 nitrogen and oxygen atoms in total. The average Bonchev–Trinajstić information content (AvgIpc) is 2.77. The number of hydrogen-bond acceptors (Lipinski definition) is 6. The summed E-state index contributed by atoms with van der Waals surface area (Å²) in [5.41, 5.74) is 7.85. The molecule has 0 saturated carbocycles. The Hall–Kier alpha value is -1.89. The predicted molar refractivity (Wildman–Crippen MR) is 64.1 cm³/mol. The van der Waals surface area contributed by atoms with Crippen LogP contribution in [0.1, 0.15) is 18.7 Å². The first-order valence-corrected chi connectivity index (χ1v) is 5.50. The first-order chi connectivity index (χ1) is 8.11. The molecule has 0 spiro atoms. The van der Waals surface area contributed by atoms with Crippen LogP contribution >= 0.6 is 0 Å². The quantitative estimate of drug-likeness (QED) is 0.483. The molecule has 1 aromatic rings. The number of hydrazine groups is 1. The lowest BCUT2D eigenvalue weighted by Gasteiger charge is -2.23. The van der Waals surface area contributed by atoms with E-state index >= 15 is 0 Å². The van der Waals surface area contributed by atoms with Gasteiger partial charge in [0.2, 0.25) is 5.91 Å². The largest absolute Gasteiger partial charge is 0.368 e. The molecule has 1 atom stereocenters. The normalized spacial score (nSPS) is 19.4. The molecule has 1 fully saturated rings. The predicted octanol–water partition coefficient (Wildman–Crippen LogP) is -0.475. The Morgan fingerprint density at radius 3 is 3.00 bits per heavy atom. The SMILES string of the molecule is Cc1nc(NN)cc(N2CCCC2C(N)=O)n1. The molecule has 1 aliphatic rings. The van der Waals surface area contributed by atoms with Crippen molar-refractivity contribution in [3.8, 4) is 0 Å². The highest BCUT2D eigenvalue weighted by Gasteiger charge is 2.30. The highest BCUT2D eigenvalue weighted by molar-refractivity contribution is 5.84. The third kappa shape index (κ3) is 2.28. The van der Waals surface area contributed by atoms with Gasteiger partial charge in [-0.15, -0.1) is 0 Å². The second kappa shape index (κ2) is 4.54. The Kier molecular flexibility index (Phi) is 3.10. The fourth-order valence-electron chi connectivity index (χ4n) is 2.11. The number of nitrogens with two attached hydrogens (primary N) is 2. The molecular weight excluding hydrogens is 220 g/mol. The fourth-order valence-corrected chi connectivity index (χ4v) is 2.11. The van der Waals surface area contributed by atoms with Gasteiger partial charge in [-0.3, -0.25) is 4.79 Å². The lowest BCUT2D eigenvalue weighted by atomic mass is 10.2. The van der Waals surface area contributed by atoms with Crippen molar-refractivity contribution in [1.29, 1.82) is 0 Å². The average molecular weight is 236 g/mol. The summed E-state index contributed by atoms with van der Waals surface area (Å²) in [6.45, 7) is 2.55. The molecule has 1 amide bonds. The second-order valence-electron chi connectivity index (χ2n) is 4.06. The molecule has 92 valence electrons. The van der Waals surface area contributed by atoms with Gasteiger partial charge in [-0.05, 0) is 19.8 Å². The van der Waals surface area contributed by atoms with Crippen LogP contribution in [0, 0.1) is 6.92 Å². The number of carbonyl (C=O) groups excluding carboxylic acids is 1. The summed E-state index contributed by atoms with van der Waals surface area (Å²) < 4.78 is 0. The zero-order valence-electron chi connectivity index (χ0n) is 9.68.